The molecule has 2 rings (SSSR count). The third-order valence-corrected chi connectivity index (χ3v) is 4.68. The number of alkyl halides is 1. The van der Waals surface area contributed by atoms with E-state index in [0.29, 0.717) is 0 Å². The molecule has 0 N–H and O–H groups in total. The second kappa shape index (κ2) is 7.23. The molecule has 1 aliphatic rings. The van der Waals surface area contributed by atoms with Crippen LogP contribution < -0.4 is 0 Å². The van der Waals surface area contributed by atoms with Crippen LogP contribution in [0.5, 0.6) is 0 Å². The maximum absolute atomic E-state index is 11.8. The summed E-state index contributed by atoms with van der Waals surface area (Å²) in [5.74, 6) is 0.251. The quantitative estimate of drug-likeness (QED) is 0.504. The molecule has 0 bridgehead atoms. The van der Waals surface area contributed by atoms with Gasteiger partial charge in [-0.3, -0.25) is 4.79 Å². The maximum Gasteiger partial charge on any atom is 0.177 e. The van der Waals surface area contributed by atoms with Gasteiger partial charge < -0.3 is 0 Å². The molecular formula is C17H23BrO. The van der Waals surface area contributed by atoms with Crippen molar-refractivity contribution in [2.24, 2.45) is 0 Å². The summed E-state index contributed by atoms with van der Waals surface area (Å²) in [6.07, 6.45) is 10.0. The molecule has 1 aromatic rings. The van der Waals surface area contributed by atoms with Crippen molar-refractivity contribution in [1.29, 1.82) is 0 Å². The van der Waals surface area contributed by atoms with Crippen molar-refractivity contribution in [2.75, 3.05) is 0 Å². The van der Waals surface area contributed by atoms with E-state index in [2.05, 4.69) is 35.0 Å². The Morgan fingerprint density at radius 2 is 1.89 bits per heavy atom. The summed E-state index contributed by atoms with van der Waals surface area (Å²) < 4.78 is 0. The van der Waals surface area contributed by atoms with Gasteiger partial charge >= 0.3 is 0 Å². The lowest BCUT2D eigenvalue weighted by Gasteiger charge is -2.04. The topological polar surface area (TPSA) is 17.1 Å². The molecule has 0 aromatic heterocycles. The fourth-order valence-corrected chi connectivity index (χ4v) is 3.37. The molecule has 0 heterocycles. The average Bonchev–Trinajstić information content (AvgIpc) is 2.69. The van der Waals surface area contributed by atoms with Crippen LogP contribution in [-0.4, -0.2) is 10.6 Å². The number of benzene rings is 1. The number of aryl methyl sites for hydroxylation is 1. The zero-order valence-corrected chi connectivity index (χ0v) is 13.3. The normalized spacial score (nSPS) is 17.8. The Morgan fingerprint density at radius 3 is 2.68 bits per heavy atom. The molecule has 0 saturated carbocycles. The van der Waals surface area contributed by atoms with Crippen molar-refractivity contribution < 1.29 is 4.79 Å². The number of hydrogen-bond donors (Lipinski definition) is 0. The van der Waals surface area contributed by atoms with E-state index in [1.165, 1.54) is 49.7 Å². The number of ketones is 1. The summed E-state index contributed by atoms with van der Waals surface area (Å²) in [5.41, 5.74) is 3.55. The molecule has 19 heavy (non-hydrogen) atoms. The van der Waals surface area contributed by atoms with Gasteiger partial charge in [-0.25, -0.2) is 0 Å². The first-order valence-corrected chi connectivity index (χ1v) is 8.44. The van der Waals surface area contributed by atoms with Crippen LogP contribution in [0.1, 0.15) is 66.9 Å². The SMILES string of the molecule is CCCCCCCCc1ccc2c(c1)CC(Br)C2=O. The molecule has 1 aromatic carbocycles. The van der Waals surface area contributed by atoms with Crippen LogP contribution >= 0.6 is 15.9 Å². The number of fused-ring (bicyclic) bond motifs is 1. The number of carbonyl (C=O) groups is 1. The van der Waals surface area contributed by atoms with Gasteiger partial charge in [0.2, 0.25) is 0 Å². The summed E-state index contributed by atoms with van der Waals surface area (Å²) in [5, 5.41) is 0. The Labute approximate surface area is 124 Å². The number of unbranched alkanes of at least 4 members (excludes halogenated alkanes) is 5. The summed E-state index contributed by atoms with van der Waals surface area (Å²) in [6, 6.07) is 6.39. The summed E-state index contributed by atoms with van der Waals surface area (Å²) in [4.78, 5) is 11.8. The lowest BCUT2D eigenvalue weighted by atomic mass is 10.0. The van der Waals surface area contributed by atoms with E-state index < -0.39 is 0 Å². The standard InChI is InChI=1S/C17H23BrO/c1-2-3-4-5-6-7-8-13-9-10-15-14(11-13)12-16(18)17(15)19/h9-11,16H,2-8,12H2,1H3. The van der Waals surface area contributed by atoms with Gasteiger partial charge in [0.05, 0.1) is 4.83 Å². The van der Waals surface area contributed by atoms with Gasteiger partial charge in [-0.15, -0.1) is 0 Å². The highest BCUT2D eigenvalue weighted by atomic mass is 79.9. The van der Waals surface area contributed by atoms with E-state index in [9.17, 15) is 4.79 Å². The lowest BCUT2D eigenvalue weighted by molar-refractivity contribution is 0.100. The molecule has 0 radical (unpaired) electrons. The fourth-order valence-electron chi connectivity index (χ4n) is 2.78. The monoisotopic (exact) mass is 322 g/mol. The van der Waals surface area contributed by atoms with Gasteiger partial charge in [-0.2, -0.15) is 0 Å². The Balaban J connectivity index is 1.80. The minimum atomic E-state index is 0.00629. The van der Waals surface area contributed by atoms with E-state index in [1.807, 2.05) is 6.07 Å². The zero-order chi connectivity index (χ0) is 13.7. The second-order valence-corrected chi connectivity index (χ2v) is 6.65. The van der Waals surface area contributed by atoms with Crippen LogP contribution in [0, 0.1) is 0 Å². The third kappa shape index (κ3) is 3.92. The first-order valence-electron chi connectivity index (χ1n) is 7.52. The Kier molecular flexibility index (Phi) is 5.62. The largest absolute Gasteiger partial charge is 0.293 e. The number of carbonyl (C=O) groups excluding carboxylic acids is 1. The molecule has 0 aliphatic heterocycles. The molecule has 1 aliphatic carbocycles. The van der Waals surface area contributed by atoms with Gasteiger partial charge in [-0.1, -0.05) is 73.2 Å². The molecule has 0 amide bonds. The van der Waals surface area contributed by atoms with Gasteiger partial charge in [-0.05, 0) is 30.4 Å². The van der Waals surface area contributed by atoms with Gasteiger partial charge in [0.15, 0.2) is 5.78 Å². The predicted octanol–water partition coefficient (Wildman–Crippen LogP) is 5.09. The number of hydrogen-bond acceptors (Lipinski definition) is 1. The molecule has 0 saturated heterocycles. The molecule has 1 nitrogen and oxygen atoms in total. The molecule has 0 fully saturated rings. The minimum absolute atomic E-state index is 0.00629. The predicted molar refractivity (Wildman–Crippen MR) is 84.3 cm³/mol. The second-order valence-electron chi connectivity index (χ2n) is 5.55. The Morgan fingerprint density at radius 1 is 1.16 bits per heavy atom. The maximum atomic E-state index is 11.8. The van der Waals surface area contributed by atoms with Crippen LogP contribution in [0.25, 0.3) is 0 Å². The first kappa shape index (κ1) is 14.8. The van der Waals surface area contributed by atoms with E-state index in [4.69, 9.17) is 0 Å². The molecular weight excluding hydrogens is 300 g/mol. The first-order chi connectivity index (χ1) is 9.22. The Bertz CT molecular complexity index is 439. The number of halogens is 1. The lowest BCUT2D eigenvalue weighted by Crippen LogP contribution is -2.05. The van der Waals surface area contributed by atoms with Crippen molar-refractivity contribution >= 4 is 21.7 Å². The smallest absolute Gasteiger partial charge is 0.177 e. The van der Waals surface area contributed by atoms with Gasteiger partial charge in [0, 0.05) is 5.56 Å². The molecule has 1 atom stereocenters. The highest BCUT2D eigenvalue weighted by Crippen LogP contribution is 2.28. The van der Waals surface area contributed by atoms with Crippen molar-refractivity contribution in [1.82, 2.24) is 0 Å². The highest BCUT2D eigenvalue weighted by molar-refractivity contribution is 9.10. The van der Waals surface area contributed by atoms with E-state index in [0.717, 1.165) is 18.4 Å². The van der Waals surface area contributed by atoms with Gasteiger partial charge in [0.25, 0.3) is 0 Å². The highest BCUT2D eigenvalue weighted by Gasteiger charge is 2.27. The third-order valence-electron chi connectivity index (χ3n) is 3.94. The van der Waals surface area contributed by atoms with E-state index >= 15 is 0 Å². The van der Waals surface area contributed by atoms with E-state index in [1.54, 1.807) is 0 Å². The van der Waals surface area contributed by atoms with Crippen LogP contribution in [0.3, 0.4) is 0 Å². The van der Waals surface area contributed by atoms with Gasteiger partial charge in [0.1, 0.15) is 0 Å². The zero-order valence-electron chi connectivity index (χ0n) is 11.8. The van der Waals surface area contributed by atoms with Crippen LogP contribution in [0.2, 0.25) is 0 Å². The van der Waals surface area contributed by atoms with Crippen molar-refractivity contribution in [3.05, 3.63) is 34.9 Å². The number of Topliss-reactive ketones (excluding diaryl/α,β-unsaturated/α-hetero) is 1. The summed E-state index contributed by atoms with van der Waals surface area (Å²) in [7, 11) is 0. The molecule has 1 unspecified atom stereocenters. The Hall–Kier alpha value is -0.630. The molecule has 2 heteroatoms. The summed E-state index contributed by atoms with van der Waals surface area (Å²) in [6.45, 7) is 2.25. The van der Waals surface area contributed by atoms with Crippen LogP contribution in [0.4, 0.5) is 0 Å². The molecule has 104 valence electrons. The van der Waals surface area contributed by atoms with Crippen molar-refractivity contribution in [3.63, 3.8) is 0 Å². The number of rotatable bonds is 7. The molecule has 0 spiro atoms. The average molecular weight is 323 g/mol. The van der Waals surface area contributed by atoms with Crippen molar-refractivity contribution in [2.45, 2.75) is 63.1 Å². The van der Waals surface area contributed by atoms with Crippen LogP contribution in [0.15, 0.2) is 18.2 Å². The fraction of sp³-hybridized carbons (Fsp3) is 0.588. The van der Waals surface area contributed by atoms with Crippen LogP contribution in [-0.2, 0) is 12.8 Å². The van der Waals surface area contributed by atoms with E-state index in [-0.39, 0.29) is 10.6 Å². The van der Waals surface area contributed by atoms with Crippen molar-refractivity contribution in [3.8, 4) is 0 Å². The minimum Gasteiger partial charge on any atom is -0.293 e. The summed E-state index contributed by atoms with van der Waals surface area (Å²) >= 11 is 3.45.